The van der Waals surface area contributed by atoms with E-state index in [1.54, 1.807) is 0 Å². The van der Waals surface area contributed by atoms with Crippen molar-refractivity contribution in [3.8, 4) is 0 Å². The van der Waals surface area contributed by atoms with Gasteiger partial charge in [0, 0.05) is 0 Å². The predicted octanol–water partition coefficient (Wildman–Crippen LogP) is -2.55. The molecule has 9 heavy (non-hydrogen) atoms. The van der Waals surface area contributed by atoms with E-state index in [4.69, 9.17) is 0 Å². The van der Waals surface area contributed by atoms with E-state index in [1.807, 2.05) is 0 Å². The molecule has 0 amide bonds. The maximum Gasteiger partial charge on any atom is 1.00 e. The molecule has 1 saturated heterocycles. The first-order valence-corrected chi connectivity index (χ1v) is 3.16. The molecule has 1 rings (SSSR count). The summed E-state index contributed by atoms with van der Waals surface area (Å²) in [5.41, 5.74) is 0. The van der Waals surface area contributed by atoms with Crippen LogP contribution in [-0.4, -0.2) is 44.8 Å². The van der Waals surface area contributed by atoms with Crippen molar-refractivity contribution in [3.63, 3.8) is 0 Å². The molecule has 1 aliphatic rings. The number of rotatable bonds is 0. The number of hydrogen-bond donors (Lipinski definition) is 0. The third kappa shape index (κ3) is 4.09. The van der Waals surface area contributed by atoms with Gasteiger partial charge in [0.05, 0.1) is 27.2 Å². The summed E-state index contributed by atoms with van der Waals surface area (Å²) in [6.07, 6.45) is 0. The number of hydrogen-bond acceptors (Lipinski definition) is 0. The fourth-order valence-corrected chi connectivity index (χ4v) is 0.906. The maximum atomic E-state index is 4.26. The van der Waals surface area contributed by atoms with Gasteiger partial charge in [0.15, 0.2) is 0 Å². The van der Waals surface area contributed by atoms with Crippen LogP contribution in [0.5, 0.6) is 0 Å². The summed E-state index contributed by atoms with van der Waals surface area (Å²) >= 11 is 0. The molecule has 0 N–H and O–H groups in total. The summed E-state index contributed by atoms with van der Waals surface area (Å²) < 4.78 is 1.16. The first-order valence-electron chi connectivity index (χ1n) is 3.16. The average Bonchev–Trinajstić information content (AvgIpc) is 1.65. The van der Waals surface area contributed by atoms with Crippen LogP contribution in [0.2, 0.25) is 0 Å². The third-order valence-corrected chi connectivity index (χ3v) is 1.73. The van der Waals surface area contributed by atoms with Gasteiger partial charge in [-0.05, 0) is 0 Å². The van der Waals surface area contributed by atoms with E-state index < -0.39 is 0 Å². The topological polar surface area (TPSA) is 14.1 Å². The van der Waals surface area contributed by atoms with Gasteiger partial charge in [-0.25, -0.2) is 0 Å². The van der Waals surface area contributed by atoms with Gasteiger partial charge in [-0.1, -0.05) is 13.1 Å². The Morgan fingerprint density at radius 3 is 1.78 bits per heavy atom. The number of quaternary nitrogens is 1. The van der Waals surface area contributed by atoms with Crippen LogP contribution in [0.3, 0.4) is 0 Å². The van der Waals surface area contributed by atoms with E-state index >= 15 is 0 Å². The minimum absolute atomic E-state index is 0. The molecule has 0 aromatic carbocycles. The smallest absolute Gasteiger partial charge is 0.653 e. The van der Waals surface area contributed by atoms with Crippen molar-refractivity contribution in [1.82, 2.24) is 0 Å². The van der Waals surface area contributed by atoms with Crippen molar-refractivity contribution in [2.24, 2.45) is 0 Å². The maximum absolute atomic E-state index is 4.26. The summed E-state index contributed by atoms with van der Waals surface area (Å²) in [6, 6.07) is 0. The van der Waals surface area contributed by atoms with Crippen molar-refractivity contribution >= 4 is 0 Å². The van der Waals surface area contributed by atoms with Crippen molar-refractivity contribution in [2.45, 2.75) is 0 Å². The summed E-state index contributed by atoms with van der Waals surface area (Å²) in [6.45, 7) is 4.57. The fourth-order valence-electron chi connectivity index (χ4n) is 0.906. The Kier molecular flexibility index (Phi) is 5.20. The molecule has 0 saturated carbocycles. The summed E-state index contributed by atoms with van der Waals surface area (Å²) in [5, 5.41) is 4.26. The van der Waals surface area contributed by atoms with Crippen LogP contribution in [0.4, 0.5) is 0 Å². The fraction of sp³-hybridized carbons (Fsp3) is 1.00. The zero-order chi connectivity index (χ0) is 6.04. The zero-order valence-electron chi connectivity index (χ0n) is 6.72. The molecule has 1 aliphatic heterocycles. The molecule has 1 fully saturated rings. The molecule has 2 nitrogen and oxygen atoms in total. The molecule has 0 atom stereocenters. The zero-order valence-corrected chi connectivity index (χ0v) is 9.85. The SMILES string of the molecule is C[N+]1(C)CC[N-]CC1.[K+]. The van der Waals surface area contributed by atoms with E-state index in [2.05, 4.69) is 19.4 Å². The normalized spacial score (nSPS) is 24.7. The standard InChI is InChI=1S/C6H14N2.K/c1-8(2)5-3-7-4-6-8;/h3-6H2,1-2H3;/q;+1. The largest absolute Gasteiger partial charge is 1.00 e. The minimum atomic E-state index is 0. The van der Waals surface area contributed by atoms with Crippen LogP contribution in [-0.2, 0) is 0 Å². The number of nitrogens with zero attached hydrogens (tertiary/aromatic N) is 2. The first-order chi connectivity index (χ1) is 3.71. The van der Waals surface area contributed by atoms with Crippen molar-refractivity contribution in [2.75, 3.05) is 40.3 Å². The molecule has 0 unspecified atom stereocenters. The Bertz CT molecular complexity index is 75.1. The quantitative estimate of drug-likeness (QED) is 0.269. The number of likely N-dealkylation sites (N-methyl/N-ethyl adjacent to an activating group) is 1. The molecule has 48 valence electrons. The average molecular weight is 153 g/mol. The monoisotopic (exact) mass is 153 g/mol. The van der Waals surface area contributed by atoms with Crippen LogP contribution in [0, 0.1) is 0 Å². The van der Waals surface area contributed by atoms with Crippen LogP contribution in [0.1, 0.15) is 0 Å². The molecule has 0 spiro atoms. The molecular formula is C6H14KN2+. The van der Waals surface area contributed by atoms with Gasteiger partial charge < -0.3 is 9.80 Å². The van der Waals surface area contributed by atoms with Crippen LogP contribution < -0.4 is 51.4 Å². The second kappa shape index (κ2) is 4.44. The molecular weight excluding hydrogens is 139 g/mol. The minimum Gasteiger partial charge on any atom is -0.653 e. The first kappa shape index (κ1) is 10.6. The second-order valence-corrected chi connectivity index (χ2v) is 3.05. The van der Waals surface area contributed by atoms with E-state index in [9.17, 15) is 0 Å². The van der Waals surface area contributed by atoms with E-state index in [0.29, 0.717) is 0 Å². The van der Waals surface area contributed by atoms with Crippen molar-refractivity contribution in [1.29, 1.82) is 0 Å². The third-order valence-electron chi connectivity index (χ3n) is 1.73. The second-order valence-electron chi connectivity index (χ2n) is 3.05. The summed E-state index contributed by atoms with van der Waals surface area (Å²) in [7, 11) is 4.52. The summed E-state index contributed by atoms with van der Waals surface area (Å²) in [4.78, 5) is 0. The van der Waals surface area contributed by atoms with Crippen molar-refractivity contribution in [3.05, 3.63) is 5.32 Å². The molecule has 3 heteroatoms. The Morgan fingerprint density at radius 1 is 1.11 bits per heavy atom. The van der Waals surface area contributed by atoms with E-state index in [1.165, 1.54) is 13.1 Å². The van der Waals surface area contributed by atoms with E-state index in [-0.39, 0.29) is 51.4 Å². The Morgan fingerprint density at radius 2 is 1.56 bits per heavy atom. The van der Waals surface area contributed by atoms with Gasteiger partial charge >= 0.3 is 51.4 Å². The van der Waals surface area contributed by atoms with Crippen LogP contribution >= 0.6 is 0 Å². The van der Waals surface area contributed by atoms with Crippen LogP contribution in [0.25, 0.3) is 5.32 Å². The number of piperazine rings is 1. The van der Waals surface area contributed by atoms with Gasteiger partial charge in [-0.2, -0.15) is 0 Å². The molecule has 0 aliphatic carbocycles. The van der Waals surface area contributed by atoms with Gasteiger partial charge in [0.2, 0.25) is 0 Å². The van der Waals surface area contributed by atoms with Gasteiger partial charge in [0.25, 0.3) is 0 Å². The molecule has 0 bridgehead atoms. The predicted molar refractivity (Wildman–Crippen MR) is 34.9 cm³/mol. The van der Waals surface area contributed by atoms with Crippen LogP contribution in [0.15, 0.2) is 0 Å². The molecule has 1 heterocycles. The summed E-state index contributed by atoms with van der Waals surface area (Å²) in [5.74, 6) is 0. The van der Waals surface area contributed by atoms with E-state index in [0.717, 1.165) is 17.6 Å². The Balaban J connectivity index is 0.000000640. The van der Waals surface area contributed by atoms with Crippen molar-refractivity contribution < 1.29 is 55.9 Å². The molecule has 0 radical (unpaired) electrons. The van der Waals surface area contributed by atoms with Gasteiger partial charge in [0.1, 0.15) is 0 Å². The molecule has 0 aromatic rings. The molecule has 0 aromatic heterocycles. The Labute approximate surface area is 100 Å². The Hall–Kier alpha value is 1.56. The van der Waals surface area contributed by atoms with Gasteiger partial charge in [-0.15, -0.1) is 0 Å². The van der Waals surface area contributed by atoms with Gasteiger partial charge in [-0.3, -0.25) is 0 Å².